The van der Waals surface area contributed by atoms with Crippen molar-refractivity contribution in [2.24, 2.45) is 14.1 Å². The van der Waals surface area contributed by atoms with Crippen molar-refractivity contribution in [2.45, 2.75) is 18.2 Å². The lowest BCUT2D eigenvalue weighted by Gasteiger charge is -2.07. The predicted molar refractivity (Wildman–Crippen MR) is 130 cm³/mol. The van der Waals surface area contributed by atoms with Gasteiger partial charge in [0.25, 0.3) is 5.56 Å². The highest BCUT2D eigenvalue weighted by molar-refractivity contribution is 7.90. The van der Waals surface area contributed by atoms with Crippen molar-refractivity contribution in [3.63, 3.8) is 0 Å². The molecule has 9 nitrogen and oxygen atoms in total. The summed E-state index contributed by atoms with van der Waals surface area (Å²) < 4.78 is 27.5. The summed E-state index contributed by atoms with van der Waals surface area (Å²) in [5, 5.41) is 3.06. The molecule has 0 spiro atoms. The molecule has 0 aliphatic heterocycles. The molecule has 0 radical (unpaired) electrons. The van der Waals surface area contributed by atoms with Gasteiger partial charge >= 0.3 is 5.69 Å². The standard InChI is InChI=1S/C24H23N5O4S/c1-27-20-21(26-23(27)34(3,32)33)29(24(31)28(2)22(20)30)14-8-12-17-11-7-13-19(15-17)25-16-18-9-5-4-6-10-18/h4-7,9-11,13,15,25H,14,16H2,1-3H3. The van der Waals surface area contributed by atoms with Gasteiger partial charge in [-0.15, -0.1) is 0 Å². The number of rotatable bonds is 5. The van der Waals surface area contributed by atoms with E-state index in [4.69, 9.17) is 0 Å². The second-order valence-corrected chi connectivity index (χ2v) is 9.76. The molecule has 4 rings (SSSR count). The van der Waals surface area contributed by atoms with Gasteiger partial charge in [-0.1, -0.05) is 48.2 Å². The molecule has 0 saturated carbocycles. The summed E-state index contributed by atoms with van der Waals surface area (Å²) in [6.07, 6.45) is 1.000. The van der Waals surface area contributed by atoms with E-state index in [1.54, 1.807) is 0 Å². The van der Waals surface area contributed by atoms with E-state index < -0.39 is 21.1 Å². The van der Waals surface area contributed by atoms with Crippen molar-refractivity contribution in [2.75, 3.05) is 11.6 Å². The zero-order chi connectivity index (χ0) is 24.5. The molecule has 2 heterocycles. The van der Waals surface area contributed by atoms with Crippen molar-refractivity contribution in [1.82, 2.24) is 18.7 Å². The van der Waals surface area contributed by atoms with Crippen LogP contribution in [0.1, 0.15) is 11.1 Å². The maximum absolute atomic E-state index is 12.7. The third kappa shape index (κ3) is 4.51. The number of sulfone groups is 1. The second-order valence-electron chi connectivity index (χ2n) is 7.85. The van der Waals surface area contributed by atoms with Gasteiger partial charge in [0.2, 0.25) is 15.0 Å². The summed E-state index contributed by atoms with van der Waals surface area (Å²) in [6, 6.07) is 17.6. The van der Waals surface area contributed by atoms with E-state index >= 15 is 0 Å². The van der Waals surface area contributed by atoms with Crippen LogP contribution in [0.25, 0.3) is 11.2 Å². The SMILES string of the molecule is Cn1c(=O)c2c(nc(S(C)(=O)=O)n2C)n(CC#Cc2cccc(NCc3ccccc3)c2)c1=O. The zero-order valence-electron chi connectivity index (χ0n) is 18.9. The average Bonchev–Trinajstić information content (AvgIpc) is 3.17. The monoisotopic (exact) mass is 477 g/mol. The van der Waals surface area contributed by atoms with Crippen LogP contribution in [-0.4, -0.2) is 33.4 Å². The van der Waals surface area contributed by atoms with Crippen molar-refractivity contribution >= 4 is 26.7 Å². The van der Waals surface area contributed by atoms with Crippen molar-refractivity contribution in [3.05, 3.63) is 86.6 Å². The van der Waals surface area contributed by atoms with Crippen LogP contribution in [0.15, 0.2) is 69.3 Å². The number of imidazole rings is 1. The molecule has 0 atom stereocenters. The Morgan fingerprint density at radius 3 is 2.44 bits per heavy atom. The maximum atomic E-state index is 12.7. The Hall–Kier alpha value is -4.10. The first-order valence-corrected chi connectivity index (χ1v) is 12.3. The molecule has 2 aromatic heterocycles. The van der Waals surface area contributed by atoms with E-state index in [2.05, 4.69) is 22.1 Å². The third-order valence-electron chi connectivity index (χ3n) is 5.32. The molecule has 0 amide bonds. The summed E-state index contributed by atoms with van der Waals surface area (Å²) in [5.41, 5.74) is 1.57. The van der Waals surface area contributed by atoms with Gasteiger partial charge in [0, 0.05) is 38.1 Å². The van der Waals surface area contributed by atoms with Crippen LogP contribution < -0.4 is 16.6 Å². The lowest BCUT2D eigenvalue weighted by atomic mass is 10.2. The van der Waals surface area contributed by atoms with E-state index in [1.807, 2.05) is 54.6 Å². The number of nitrogens with one attached hydrogen (secondary N) is 1. The molecule has 34 heavy (non-hydrogen) atoms. The van der Waals surface area contributed by atoms with Gasteiger partial charge in [-0.25, -0.2) is 13.2 Å². The molecule has 174 valence electrons. The van der Waals surface area contributed by atoms with Gasteiger partial charge in [-0.3, -0.25) is 13.9 Å². The minimum atomic E-state index is -3.70. The molecule has 2 aromatic carbocycles. The van der Waals surface area contributed by atoms with Gasteiger partial charge in [-0.2, -0.15) is 4.98 Å². The Morgan fingerprint density at radius 1 is 1.00 bits per heavy atom. The molecule has 0 aliphatic rings. The van der Waals surface area contributed by atoms with E-state index in [-0.39, 0.29) is 22.9 Å². The average molecular weight is 478 g/mol. The van der Waals surface area contributed by atoms with Gasteiger partial charge < -0.3 is 9.88 Å². The quantitative estimate of drug-likeness (QED) is 0.437. The van der Waals surface area contributed by atoms with Crippen LogP contribution in [0.5, 0.6) is 0 Å². The van der Waals surface area contributed by atoms with Crippen molar-refractivity contribution in [1.29, 1.82) is 0 Å². The van der Waals surface area contributed by atoms with Gasteiger partial charge in [0.15, 0.2) is 11.2 Å². The van der Waals surface area contributed by atoms with E-state index in [9.17, 15) is 18.0 Å². The van der Waals surface area contributed by atoms with Crippen LogP contribution in [-0.2, 0) is 37.0 Å². The molecular weight excluding hydrogens is 454 g/mol. The highest BCUT2D eigenvalue weighted by Gasteiger charge is 2.23. The first-order chi connectivity index (χ1) is 16.2. The van der Waals surface area contributed by atoms with Crippen LogP contribution in [0, 0.1) is 11.8 Å². The number of aryl methyl sites for hydroxylation is 1. The van der Waals surface area contributed by atoms with Crippen molar-refractivity contribution in [3.8, 4) is 11.8 Å². The fourth-order valence-electron chi connectivity index (χ4n) is 3.61. The summed E-state index contributed by atoms with van der Waals surface area (Å²) in [4.78, 5) is 29.4. The molecule has 1 N–H and O–H groups in total. The van der Waals surface area contributed by atoms with Gasteiger partial charge in [-0.05, 0) is 23.8 Å². The fraction of sp³-hybridized carbons (Fsp3) is 0.208. The first kappa shape index (κ1) is 23.1. The van der Waals surface area contributed by atoms with Gasteiger partial charge in [0.1, 0.15) is 0 Å². The Bertz CT molecular complexity index is 1670. The Balaban J connectivity index is 1.65. The van der Waals surface area contributed by atoms with Gasteiger partial charge in [0.05, 0.1) is 6.54 Å². The molecular formula is C24H23N5O4S. The lowest BCUT2D eigenvalue weighted by Crippen LogP contribution is -2.38. The molecule has 0 aliphatic carbocycles. The molecule has 0 fully saturated rings. The number of hydrogen-bond acceptors (Lipinski definition) is 6. The number of fused-ring (bicyclic) bond motifs is 1. The van der Waals surface area contributed by atoms with E-state index in [0.29, 0.717) is 6.54 Å². The summed E-state index contributed by atoms with van der Waals surface area (Å²) in [7, 11) is -0.935. The molecule has 0 bridgehead atoms. The smallest absolute Gasteiger partial charge is 0.333 e. The summed E-state index contributed by atoms with van der Waals surface area (Å²) in [6.45, 7) is 0.608. The number of aromatic nitrogens is 4. The summed E-state index contributed by atoms with van der Waals surface area (Å²) >= 11 is 0. The maximum Gasteiger partial charge on any atom is 0.333 e. The van der Waals surface area contributed by atoms with Crippen LogP contribution in [0.3, 0.4) is 0 Å². The van der Waals surface area contributed by atoms with Crippen LogP contribution in [0.4, 0.5) is 5.69 Å². The topological polar surface area (TPSA) is 108 Å². The fourth-order valence-corrected chi connectivity index (χ4v) is 4.45. The lowest BCUT2D eigenvalue weighted by molar-refractivity contribution is 0.586. The minimum absolute atomic E-state index is 0.0106. The van der Waals surface area contributed by atoms with Crippen LogP contribution >= 0.6 is 0 Å². The number of hydrogen-bond donors (Lipinski definition) is 1. The number of nitrogens with zero attached hydrogens (tertiary/aromatic N) is 4. The molecule has 10 heteroatoms. The summed E-state index contributed by atoms with van der Waals surface area (Å²) in [5.74, 6) is 5.96. The molecule has 0 saturated heterocycles. The molecule has 0 unspecified atom stereocenters. The van der Waals surface area contributed by atoms with E-state index in [1.165, 1.54) is 23.2 Å². The Morgan fingerprint density at radius 2 is 1.74 bits per heavy atom. The zero-order valence-corrected chi connectivity index (χ0v) is 19.8. The van der Waals surface area contributed by atoms with Crippen molar-refractivity contribution < 1.29 is 8.42 Å². The highest BCUT2D eigenvalue weighted by Crippen LogP contribution is 2.14. The molecule has 4 aromatic rings. The number of anilines is 1. The first-order valence-electron chi connectivity index (χ1n) is 10.4. The minimum Gasteiger partial charge on any atom is -0.381 e. The number of benzene rings is 2. The largest absolute Gasteiger partial charge is 0.381 e. The highest BCUT2D eigenvalue weighted by atomic mass is 32.2. The normalized spacial score (nSPS) is 11.3. The van der Waals surface area contributed by atoms with E-state index in [0.717, 1.165) is 27.6 Å². The Kier molecular flexibility index (Phi) is 6.13. The predicted octanol–water partition coefficient (Wildman–Crippen LogP) is 1.50. The second kappa shape index (κ2) is 9.03. The van der Waals surface area contributed by atoms with Crippen LogP contribution in [0.2, 0.25) is 0 Å². The third-order valence-corrected chi connectivity index (χ3v) is 6.35. The Labute approximate surface area is 196 Å².